The first-order valence-corrected chi connectivity index (χ1v) is 11.5. The number of carbonyl (C=O) groups excluding carboxylic acids is 1. The predicted octanol–water partition coefficient (Wildman–Crippen LogP) is 2.24. The molecule has 2 aliphatic rings. The monoisotopic (exact) mass is 469 g/mol. The first-order chi connectivity index (χ1) is 13.5. The molecule has 3 rings (SSSR count). The minimum Gasteiger partial charge on any atom is -0.335 e. The molecule has 0 aromatic heterocycles. The van der Waals surface area contributed by atoms with Crippen molar-refractivity contribution in [3.05, 3.63) is 35.4 Å². The van der Waals surface area contributed by atoms with Gasteiger partial charge in [0.15, 0.2) is 0 Å². The van der Waals surface area contributed by atoms with Gasteiger partial charge in [-0.3, -0.25) is 4.79 Å². The topological polar surface area (TPSA) is 60.9 Å². The zero-order valence-electron chi connectivity index (χ0n) is 16.8. The van der Waals surface area contributed by atoms with Crippen LogP contribution in [0.4, 0.5) is 13.2 Å². The van der Waals surface area contributed by atoms with E-state index in [0.29, 0.717) is 12.1 Å². The van der Waals surface area contributed by atoms with Crippen molar-refractivity contribution in [2.45, 2.75) is 31.5 Å². The fourth-order valence-corrected chi connectivity index (χ4v) is 4.82. The van der Waals surface area contributed by atoms with Crippen LogP contribution in [0.5, 0.6) is 0 Å². The SMILES string of the molecule is CS(=O)(=O)N1CCN(C(=O)Cc2ccc(C(F)(F)F)cc2)C(CN2CCCC2)C1.Cl. The summed E-state index contributed by atoms with van der Waals surface area (Å²) in [7, 11) is -3.35. The largest absolute Gasteiger partial charge is 0.416 e. The van der Waals surface area contributed by atoms with Gasteiger partial charge in [0.1, 0.15) is 0 Å². The molecule has 0 saturated carbocycles. The van der Waals surface area contributed by atoms with E-state index in [1.54, 1.807) is 4.90 Å². The van der Waals surface area contributed by atoms with Gasteiger partial charge in [-0.05, 0) is 43.6 Å². The molecular formula is C19H27ClF3N3O3S. The Bertz CT molecular complexity index is 828. The van der Waals surface area contributed by atoms with Crippen molar-refractivity contribution < 1.29 is 26.4 Å². The van der Waals surface area contributed by atoms with E-state index in [4.69, 9.17) is 0 Å². The first kappa shape index (κ1) is 24.9. The maximum Gasteiger partial charge on any atom is 0.416 e. The summed E-state index contributed by atoms with van der Waals surface area (Å²) in [6.07, 6.45) is -1.08. The lowest BCUT2D eigenvalue weighted by atomic mass is 10.1. The van der Waals surface area contributed by atoms with E-state index in [1.165, 1.54) is 22.7 Å². The highest BCUT2D eigenvalue weighted by atomic mass is 35.5. The smallest absolute Gasteiger partial charge is 0.335 e. The Balaban J connectivity index is 0.00000320. The van der Waals surface area contributed by atoms with E-state index in [1.807, 2.05) is 0 Å². The molecule has 1 amide bonds. The first-order valence-electron chi connectivity index (χ1n) is 9.67. The normalized spacial score (nSPS) is 21.5. The van der Waals surface area contributed by atoms with E-state index < -0.39 is 21.8 Å². The zero-order valence-corrected chi connectivity index (χ0v) is 18.4. The molecule has 170 valence electrons. The number of benzene rings is 1. The quantitative estimate of drug-likeness (QED) is 0.663. The highest BCUT2D eigenvalue weighted by Crippen LogP contribution is 2.29. The standard InChI is InChI=1S/C19H26F3N3O3S.ClH/c1-29(27,28)24-10-11-25(17(14-24)13-23-8-2-3-9-23)18(26)12-15-4-6-16(7-5-15)19(20,21)22;/h4-7,17H,2-3,8-14H2,1H3;1H. The number of amides is 1. The average molecular weight is 470 g/mol. The van der Waals surface area contributed by atoms with Crippen molar-refractivity contribution in [3.8, 4) is 0 Å². The predicted molar refractivity (Wildman–Crippen MR) is 110 cm³/mol. The van der Waals surface area contributed by atoms with Gasteiger partial charge >= 0.3 is 6.18 Å². The van der Waals surface area contributed by atoms with Crippen molar-refractivity contribution in [1.29, 1.82) is 0 Å². The number of hydrogen-bond acceptors (Lipinski definition) is 4. The van der Waals surface area contributed by atoms with Gasteiger partial charge in [-0.1, -0.05) is 12.1 Å². The number of likely N-dealkylation sites (tertiary alicyclic amines) is 1. The van der Waals surface area contributed by atoms with Crippen LogP contribution in [0.1, 0.15) is 24.0 Å². The van der Waals surface area contributed by atoms with Crippen LogP contribution in [-0.2, 0) is 27.4 Å². The molecule has 30 heavy (non-hydrogen) atoms. The van der Waals surface area contributed by atoms with E-state index in [9.17, 15) is 26.4 Å². The Morgan fingerprint density at radius 2 is 1.67 bits per heavy atom. The van der Waals surface area contributed by atoms with Crippen molar-refractivity contribution >= 4 is 28.3 Å². The van der Waals surface area contributed by atoms with Crippen LogP contribution in [0.15, 0.2) is 24.3 Å². The molecule has 2 fully saturated rings. The minimum absolute atomic E-state index is 0. The Morgan fingerprint density at radius 1 is 1.07 bits per heavy atom. The number of sulfonamides is 1. The van der Waals surface area contributed by atoms with Gasteiger partial charge in [0, 0.05) is 26.2 Å². The average Bonchev–Trinajstić information content (AvgIpc) is 3.13. The molecule has 0 N–H and O–H groups in total. The summed E-state index contributed by atoms with van der Waals surface area (Å²) in [6.45, 7) is 3.21. The van der Waals surface area contributed by atoms with Gasteiger partial charge in [-0.15, -0.1) is 12.4 Å². The number of halogens is 4. The van der Waals surface area contributed by atoms with Crippen molar-refractivity contribution in [2.24, 2.45) is 0 Å². The fraction of sp³-hybridized carbons (Fsp3) is 0.632. The molecular weight excluding hydrogens is 443 g/mol. The molecule has 1 unspecified atom stereocenters. The van der Waals surface area contributed by atoms with Gasteiger partial charge in [-0.25, -0.2) is 8.42 Å². The molecule has 1 aromatic carbocycles. The molecule has 2 saturated heterocycles. The summed E-state index contributed by atoms with van der Waals surface area (Å²) in [6, 6.07) is 4.34. The number of rotatable bonds is 5. The van der Waals surface area contributed by atoms with Crippen LogP contribution in [0.3, 0.4) is 0 Å². The summed E-state index contributed by atoms with van der Waals surface area (Å²) in [5.74, 6) is -0.192. The van der Waals surface area contributed by atoms with Crippen molar-refractivity contribution in [2.75, 3.05) is 45.5 Å². The van der Waals surface area contributed by atoms with Crippen molar-refractivity contribution in [3.63, 3.8) is 0 Å². The second-order valence-electron chi connectivity index (χ2n) is 7.74. The lowest BCUT2D eigenvalue weighted by Crippen LogP contribution is -2.59. The third-order valence-corrected chi connectivity index (χ3v) is 6.81. The van der Waals surface area contributed by atoms with Crippen molar-refractivity contribution in [1.82, 2.24) is 14.1 Å². The number of carbonyl (C=O) groups is 1. The minimum atomic E-state index is -4.41. The van der Waals surface area contributed by atoms with E-state index in [0.717, 1.165) is 38.1 Å². The van der Waals surface area contributed by atoms with E-state index >= 15 is 0 Å². The van der Waals surface area contributed by atoms with Crippen LogP contribution in [0.25, 0.3) is 0 Å². The van der Waals surface area contributed by atoms with Crippen LogP contribution in [0, 0.1) is 0 Å². The third kappa shape index (κ3) is 6.32. The molecule has 6 nitrogen and oxygen atoms in total. The lowest BCUT2D eigenvalue weighted by molar-refractivity contribution is -0.137. The van der Waals surface area contributed by atoms with Crippen LogP contribution in [-0.4, -0.2) is 80.0 Å². The number of alkyl halides is 3. The summed E-state index contributed by atoms with van der Waals surface area (Å²) in [5.41, 5.74) is -0.240. The summed E-state index contributed by atoms with van der Waals surface area (Å²) >= 11 is 0. The third-order valence-electron chi connectivity index (χ3n) is 5.54. The van der Waals surface area contributed by atoms with E-state index in [-0.39, 0.29) is 50.4 Å². The fourth-order valence-electron chi connectivity index (χ4n) is 3.96. The molecule has 0 bridgehead atoms. The molecule has 2 heterocycles. The molecule has 1 aromatic rings. The Morgan fingerprint density at radius 3 is 2.20 bits per heavy atom. The molecule has 11 heteroatoms. The molecule has 0 spiro atoms. The van der Waals surface area contributed by atoms with Gasteiger partial charge in [0.05, 0.1) is 24.3 Å². The summed E-state index contributed by atoms with van der Waals surface area (Å²) in [4.78, 5) is 16.8. The lowest BCUT2D eigenvalue weighted by Gasteiger charge is -2.42. The van der Waals surface area contributed by atoms with Gasteiger partial charge in [0.25, 0.3) is 0 Å². The Kier molecular flexibility index (Phi) is 8.17. The second kappa shape index (κ2) is 9.84. The van der Waals surface area contributed by atoms with Crippen LogP contribution < -0.4 is 0 Å². The molecule has 2 aliphatic heterocycles. The summed E-state index contributed by atoms with van der Waals surface area (Å²) in [5, 5.41) is 0. The Labute approximate surface area is 181 Å². The molecule has 1 atom stereocenters. The van der Waals surface area contributed by atoms with Gasteiger partial charge < -0.3 is 9.80 Å². The maximum absolute atomic E-state index is 12.9. The second-order valence-corrected chi connectivity index (χ2v) is 9.72. The molecule has 0 radical (unpaired) electrons. The maximum atomic E-state index is 12.9. The number of hydrogen-bond donors (Lipinski definition) is 0. The van der Waals surface area contributed by atoms with E-state index in [2.05, 4.69) is 4.90 Å². The van der Waals surface area contributed by atoms with Gasteiger partial charge in [0.2, 0.25) is 15.9 Å². The Hall–Kier alpha value is -1.36. The highest BCUT2D eigenvalue weighted by molar-refractivity contribution is 7.88. The summed E-state index contributed by atoms with van der Waals surface area (Å²) < 4.78 is 63.5. The van der Waals surface area contributed by atoms with Crippen LogP contribution in [0.2, 0.25) is 0 Å². The molecule has 0 aliphatic carbocycles. The van der Waals surface area contributed by atoms with Crippen LogP contribution >= 0.6 is 12.4 Å². The zero-order chi connectivity index (χ0) is 21.2. The van der Waals surface area contributed by atoms with Gasteiger partial charge in [-0.2, -0.15) is 17.5 Å². The highest BCUT2D eigenvalue weighted by Gasteiger charge is 2.35. The number of piperazine rings is 1. The number of nitrogens with zero attached hydrogens (tertiary/aromatic N) is 3.